The van der Waals surface area contributed by atoms with E-state index in [4.69, 9.17) is 18.9 Å². The minimum atomic E-state index is -0.465. The number of fused-ring (bicyclic) bond motifs is 1. The van der Waals surface area contributed by atoms with Crippen LogP contribution in [0, 0.1) is 0 Å². The van der Waals surface area contributed by atoms with Gasteiger partial charge in [-0.3, -0.25) is 9.80 Å². The summed E-state index contributed by atoms with van der Waals surface area (Å²) in [5.74, 6) is 0.993. The van der Waals surface area contributed by atoms with Crippen LogP contribution in [0.1, 0.15) is 44.4 Å². The molecule has 8 nitrogen and oxygen atoms in total. The van der Waals surface area contributed by atoms with E-state index in [2.05, 4.69) is 0 Å². The normalized spacial score (nSPS) is 17.0. The van der Waals surface area contributed by atoms with Gasteiger partial charge in [0.25, 0.3) is 0 Å². The van der Waals surface area contributed by atoms with Crippen LogP contribution in [0.25, 0.3) is 0 Å². The first-order valence-corrected chi connectivity index (χ1v) is 11.7. The molecule has 2 amide bonds. The van der Waals surface area contributed by atoms with E-state index in [0.717, 1.165) is 11.1 Å². The van der Waals surface area contributed by atoms with E-state index in [1.54, 1.807) is 43.1 Å². The van der Waals surface area contributed by atoms with Crippen molar-refractivity contribution in [2.75, 3.05) is 32.3 Å². The van der Waals surface area contributed by atoms with Gasteiger partial charge in [0.2, 0.25) is 0 Å². The Hall–Kier alpha value is -3.68. The van der Waals surface area contributed by atoms with Gasteiger partial charge in [-0.05, 0) is 38.8 Å². The molecule has 0 radical (unpaired) electrons. The minimum Gasteiger partial charge on any atom is -0.493 e. The van der Waals surface area contributed by atoms with Crippen molar-refractivity contribution >= 4 is 17.9 Å². The van der Waals surface area contributed by atoms with Gasteiger partial charge < -0.3 is 18.9 Å². The molecule has 1 aliphatic heterocycles. The molecule has 0 unspecified atom stereocenters. The number of anilines is 1. The summed E-state index contributed by atoms with van der Waals surface area (Å²) in [7, 11) is 3.10. The fraction of sp³-hybridized carbons (Fsp3) is 0.407. The summed E-state index contributed by atoms with van der Waals surface area (Å²) < 4.78 is 22.0. The van der Waals surface area contributed by atoms with E-state index in [9.17, 15) is 9.59 Å². The molecule has 0 bridgehead atoms. The van der Waals surface area contributed by atoms with Gasteiger partial charge in [-0.2, -0.15) is 0 Å². The van der Waals surface area contributed by atoms with Gasteiger partial charge in [-0.1, -0.05) is 42.5 Å². The number of hydrogen-bond acceptors (Lipinski definition) is 6. The first kappa shape index (κ1) is 25.9. The highest BCUT2D eigenvalue weighted by molar-refractivity contribution is 5.91. The summed E-state index contributed by atoms with van der Waals surface area (Å²) in [5.41, 5.74) is 2.34. The molecule has 2 aromatic carbocycles. The maximum Gasteiger partial charge on any atom is 0.414 e. The number of benzene rings is 2. The Kier molecular flexibility index (Phi) is 9.00. The molecule has 0 saturated carbocycles. The average Bonchev–Trinajstić information content (AvgIpc) is 2.86. The molecular weight excluding hydrogens is 448 g/mol. The predicted molar refractivity (Wildman–Crippen MR) is 134 cm³/mol. The molecular formula is C27H34N2O6. The van der Waals surface area contributed by atoms with E-state index in [0.29, 0.717) is 30.2 Å². The van der Waals surface area contributed by atoms with Crippen LogP contribution in [0.15, 0.2) is 54.6 Å². The first-order valence-electron chi connectivity index (χ1n) is 11.7. The quantitative estimate of drug-likeness (QED) is 0.448. The number of ether oxygens (including phenoxy) is 4. The van der Waals surface area contributed by atoms with Crippen LogP contribution in [0.3, 0.4) is 0 Å². The Morgan fingerprint density at radius 2 is 1.77 bits per heavy atom. The monoisotopic (exact) mass is 482 g/mol. The van der Waals surface area contributed by atoms with Gasteiger partial charge in [0.1, 0.15) is 6.61 Å². The lowest BCUT2D eigenvalue weighted by Crippen LogP contribution is -2.47. The topological polar surface area (TPSA) is 77.5 Å². The van der Waals surface area contributed by atoms with Crippen LogP contribution in [0.5, 0.6) is 11.5 Å². The highest BCUT2D eigenvalue weighted by Crippen LogP contribution is 2.46. The van der Waals surface area contributed by atoms with Gasteiger partial charge >= 0.3 is 12.2 Å². The van der Waals surface area contributed by atoms with Crippen molar-refractivity contribution in [2.24, 2.45) is 0 Å². The van der Waals surface area contributed by atoms with Gasteiger partial charge in [-0.25, -0.2) is 9.59 Å². The van der Waals surface area contributed by atoms with Gasteiger partial charge in [0.15, 0.2) is 11.5 Å². The summed E-state index contributed by atoms with van der Waals surface area (Å²) in [6.07, 6.45) is 3.21. The first-order chi connectivity index (χ1) is 16.9. The molecule has 0 N–H and O–H groups in total. The molecule has 0 aliphatic carbocycles. The van der Waals surface area contributed by atoms with Crippen molar-refractivity contribution in [3.05, 3.63) is 65.7 Å². The number of allylic oxidation sites excluding steroid dienone is 1. The lowest BCUT2D eigenvalue weighted by molar-refractivity contribution is 0.0809. The van der Waals surface area contributed by atoms with Crippen LogP contribution in [-0.4, -0.2) is 50.6 Å². The second-order valence-electron chi connectivity index (χ2n) is 8.19. The summed E-state index contributed by atoms with van der Waals surface area (Å²) in [4.78, 5) is 29.6. The van der Waals surface area contributed by atoms with Crippen molar-refractivity contribution in [1.82, 2.24) is 4.90 Å². The van der Waals surface area contributed by atoms with Gasteiger partial charge in [0.05, 0.1) is 32.6 Å². The molecule has 0 aromatic heterocycles. The molecule has 8 heteroatoms. The largest absolute Gasteiger partial charge is 0.493 e. The SMILES string of the molecule is C/C=C/COC(=O)N1c2cc(OC)c(OC)cc2[C@H](N(Cc2ccccc2)C(=O)OCC)C[C@@H]1C. The summed E-state index contributed by atoms with van der Waals surface area (Å²) >= 11 is 0. The lowest BCUT2D eigenvalue weighted by atomic mass is 9.90. The second-order valence-corrected chi connectivity index (χ2v) is 8.19. The lowest BCUT2D eigenvalue weighted by Gasteiger charge is -2.42. The van der Waals surface area contributed by atoms with Crippen LogP contribution in [0.4, 0.5) is 15.3 Å². The van der Waals surface area contributed by atoms with Crippen LogP contribution >= 0.6 is 0 Å². The third-order valence-electron chi connectivity index (χ3n) is 5.97. The zero-order chi connectivity index (χ0) is 25.4. The molecule has 1 aliphatic rings. The van der Waals surface area contributed by atoms with E-state index in [1.807, 2.05) is 56.3 Å². The summed E-state index contributed by atoms with van der Waals surface area (Å²) in [6.45, 7) is 6.38. The van der Waals surface area contributed by atoms with Crippen LogP contribution in [0.2, 0.25) is 0 Å². The van der Waals surface area contributed by atoms with Gasteiger partial charge in [-0.15, -0.1) is 0 Å². The molecule has 0 fully saturated rings. The highest BCUT2D eigenvalue weighted by atomic mass is 16.6. The zero-order valence-corrected chi connectivity index (χ0v) is 21.0. The third-order valence-corrected chi connectivity index (χ3v) is 5.97. The molecule has 1 heterocycles. The van der Waals surface area contributed by atoms with Gasteiger partial charge in [0, 0.05) is 24.2 Å². The maximum absolute atomic E-state index is 13.2. The number of methoxy groups -OCH3 is 2. The predicted octanol–water partition coefficient (Wildman–Crippen LogP) is 5.71. The minimum absolute atomic E-state index is 0.174. The number of carbonyl (C=O) groups is 2. The van der Waals surface area contributed by atoms with Crippen molar-refractivity contribution in [2.45, 2.75) is 45.8 Å². The number of hydrogen-bond donors (Lipinski definition) is 0. The fourth-order valence-electron chi connectivity index (χ4n) is 4.30. The number of amides is 2. The number of nitrogens with zero attached hydrogens (tertiary/aromatic N) is 2. The highest BCUT2D eigenvalue weighted by Gasteiger charge is 2.40. The van der Waals surface area contributed by atoms with Crippen molar-refractivity contribution < 1.29 is 28.5 Å². The third kappa shape index (κ3) is 5.88. The Morgan fingerprint density at radius 1 is 1.09 bits per heavy atom. The Labute approximate surface area is 207 Å². The molecule has 0 spiro atoms. The van der Waals surface area contributed by atoms with E-state index >= 15 is 0 Å². The summed E-state index contributed by atoms with van der Waals surface area (Å²) in [5, 5.41) is 0. The van der Waals surface area contributed by atoms with Crippen molar-refractivity contribution in [3.8, 4) is 11.5 Å². The van der Waals surface area contributed by atoms with Crippen LogP contribution < -0.4 is 14.4 Å². The van der Waals surface area contributed by atoms with E-state index in [1.165, 1.54) is 0 Å². The molecule has 2 aromatic rings. The number of carbonyl (C=O) groups excluding carboxylic acids is 2. The van der Waals surface area contributed by atoms with E-state index < -0.39 is 12.2 Å². The molecule has 188 valence electrons. The smallest absolute Gasteiger partial charge is 0.414 e. The molecule has 2 atom stereocenters. The van der Waals surface area contributed by atoms with Crippen LogP contribution in [-0.2, 0) is 16.0 Å². The Balaban J connectivity index is 2.10. The Morgan fingerprint density at radius 3 is 2.40 bits per heavy atom. The fourth-order valence-corrected chi connectivity index (χ4v) is 4.30. The standard InChI is InChI=1S/C27H34N2O6/c1-6-8-14-35-27(31)29-19(3)15-22(21-16-24(32-4)25(33-5)17-23(21)29)28(26(30)34-7-2)18-20-12-10-9-11-13-20/h6,8-13,16-17,19,22H,7,14-15,18H2,1-5H3/b8-6+/t19-,22+/m0/s1. The molecule has 0 saturated heterocycles. The second kappa shape index (κ2) is 12.1. The molecule has 3 rings (SSSR count). The number of rotatable bonds is 8. The van der Waals surface area contributed by atoms with Crippen molar-refractivity contribution in [1.29, 1.82) is 0 Å². The molecule has 35 heavy (non-hydrogen) atoms. The maximum atomic E-state index is 13.2. The Bertz CT molecular complexity index is 1040. The average molecular weight is 483 g/mol. The summed E-state index contributed by atoms with van der Waals surface area (Å²) in [6, 6.07) is 12.7. The zero-order valence-electron chi connectivity index (χ0n) is 21.0. The van der Waals surface area contributed by atoms with Crippen molar-refractivity contribution in [3.63, 3.8) is 0 Å². The van der Waals surface area contributed by atoms with E-state index in [-0.39, 0.29) is 25.3 Å².